The van der Waals surface area contributed by atoms with Gasteiger partial charge in [0.2, 0.25) is 0 Å². The second-order valence-corrected chi connectivity index (χ2v) is 16.2. The lowest BCUT2D eigenvalue weighted by Gasteiger charge is -2.31. The van der Waals surface area contributed by atoms with Crippen LogP contribution in [0.3, 0.4) is 0 Å². The second kappa shape index (κ2) is 12.0. The summed E-state index contributed by atoms with van der Waals surface area (Å²) in [6.45, 7) is 27.1. The van der Waals surface area contributed by atoms with E-state index in [1.54, 1.807) is 0 Å². The van der Waals surface area contributed by atoms with Gasteiger partial charge in [-0.1, -0.05) is 102 Å². The second-order valence-electron chi connectivity index (χ2n) is 13.2. The summed E-state index contributed by atoms with van der Waals surface area (Å²) in [4.78, 5) is 0. The molecule has 0 spiro atoms. The Kier molecular flexibility index (Phi) is 9.42. The third-order valence-electron chi connectivity index (χ3n) is 7.56. The Morgan fingerprint density at radius 2 is 1.18 bits per heavy atom. The smallest absolute Gasteiger partial charge is 0.104 e. The van der Waals surface area contributed by atoms with Crippen LogP contribution in [-0.2, 0) is 0 Å². The minimum atomic E-state index is -2.89. The van der Waals surface area contributed by atoms with Crippen molar-refractivity contribution in [2.75, 3.05) is 0 Å². The molecule has 1 atom stereocenters. The topological polar surface area (TPSA) is 0 Å². The highest BCUT2D eigenvalue weighted by atomic mass is 28.3. The summed E-state index contributed by atoms with van der Waals surface area (Å²) in [5, 5.41) is 2.69. The first-order chi connectivity index (χ1) is 18.2. The van der Waals surface area contributed by atoms with Gasteiger partial charge in [-0.15, -0.1) is 11.5 Å². The van der Waals surface area contributed by atoms with Crippen LogP contribution in [0.2, 0.25) is 0 Å². The normalized spacial score (nSPS) is 13.1. The maximum absolute atomic E-state index is 4.00. The maximum atomic E-state index is 4.00. The predicted molar refractivity (Wildman–Crippen MR) is 175 cm³/mol. The quantitative estimate of drug-likeness (QED) is 0.228. The van der Waals surface area contributed by atoms with Crippen molar-refractivity contribution < 1.29 is 0 Å². The van der Waals surface area contributed by atoms with E-state index in [0.717, 1.165) is 5.56 Å². The number of hydrogen-bond acceptors (Lipinski definition) is 0. The molecule has 39 heavy (non-hydrogen) atoms. The van der Waals surface area contributed by atoms with Gasteiger partial charge < -0.3 is 0 Å². The molecule has 0 heterocycles. The number of rotatable bonds is 5. The summed E-state index contributed by atoms with van der Waals surface area (Å²) in [5.74, 6) is 8.65. The molecule has 3 aromatic rings. The van der Waals surface area contributed by atoms with Gasteiger partial charge >= 0.3 is 0 Å². The van der Waals surface area contributed by atoms with Crippen LogP contribution in [0.4, 0.5) is 0 Å². The van der Waals surface area contributed by atoms with Crippen LogP contribution in [0.5, 0.6) is 0 Å². The van der Waals surface area contributed by atoms with E-state index in [1.165, 1.54) is 43.8 Å². The zero-order valence-electron chi connectivity index (χ0n) is 26.4. The SMILES string of the molecule is Cc1cc(C)c(C#C[Si](C#CC(C)(C)C)(c2ccccc2)c2c(C(C)C)cc(C(C)C)cc2C(C)C)cc1C. The van der Waals surface area contributed by atoms with Crippen molar-refractivity contribution in [1.29, 1.82) is 0 Å². The molecule has 204 valence electrons. The first-order valence-corrected chi connectivity index (χ1v) is 16.6. The Hall–Kier alpha value is -3.00. The van der Waals surface area contributed by atoms with Gasteiger partial charge in [0.05, 0.1) is 0 Å². The average molecular weight is 533 g/mol. The third kappa shape index (κ3) is 6.96. The Balaban J connectivity index is 2.61. The molecule has 0 aliphatic heterocycles. The van der Waals surface area contributed by atoms with E-state index in [0.29, 0.717) is 17.8 Å². The minimum Gasteiger partial charge on any atom is -0.104 e. The highest BCUT2D eigenvalue weighted by Gasteiger charge is 2.40. The summed E-state index contributed by atoms with van der Waals surface area (Å²) >= 11 is 0. The van der Waals surface area contributed by atoms with E-state index in [2.05, 4.69) is 161 Å². The first-order valence-electron chi connectivity index (χ1n) is 14.6. The van der Waals surface area contributed by atoms with Crippen molar-refractivity contribution in [1.82, 2.24) is 0 Å². The molecule has 1 heteroatoms. The van der Waals surface area contributed by atoms with Crippen molar-refractivity contribution in [2.24, 2.45) is 5.41 Å². The van der Waals surface area contributed by atoms with Gasteiger partial charge in [0.15, 0.2) is 0 Å². The van der Waals surface area contributed by atoms with Crippen LogP contribution >= 0.6 is 0 Å². The highest BCUT2D eigenvalue weighted by Crippen LogP contribution is 2.29. The molecule has 0 N–H and O–H groups in total. The van der Waals surface area contributed by atoms with Gasteiger partial charge in [-0.3, -0.25) is 0 Å². The van der Waals surface area contributed by atoms with E-state index < -0.39 is 8.07 Å². The largest absolute Gasteiger partial charge is 0.276 e. The Morgan fingerprint density at radius 3 is 1.67 bits per heavy atom. The molecule has 3 aromatic carbocycles. The van der Waals surface area contributed by atoms with Crippen molar-refractivity contribution >= 4 is 18.4 Å². The van der Waals surface area contributed by atoms with Crippen LogP contribution < -0.4 is 10.4 Å². The van der Waals surface area contributed by atoms with Crippen LogP contribution in [0.25, 0.3) is 0 Å². The van der Waals surface area contributed by atoms with Gasteiger partial charge in [0.1, 0.15) is 0 Å². The average Bonchev–Trinajstić information content (AvgIpc) is 2.86. The monoisotopic (exact) mass is 532 g/mol. The molecule has 0 aliphatic rings. The molecule has 3 rings (SSSR count). The van der Waals surface area contributed by atoms with Gasteiger partial charge in [-0.2, -0.15) is 0 Å². The van der Waals surface area contributed by atoms with Gasteiger partial charge in [-0.05, 0) is 109 Å². The molecular weight excluding hydrogens is 485 g/mol. The third-order valence-corrected chi connectivity index (χ3v) is 11.1. The zero-order valence-corrected chi connectivity index (χ0v) is 27.4. The molecule has 1 unspecified atom stereocenters. The zero-order chi connectivity index (χ0) is 29.1. The molecule has 0 aliphatic carbocycles. The van der Waals surface area contributed by atoms with Crippen molar-refractivity contribution in [2.45, 2.75) is 101 Å². The molecule has 0 bridgehead atoms. The van der Waals surface area contributed by atoms with Crippen molar-refractivity contribution in [3.8, 4) is 22.9 Å². The highest BCUT2D eigenvalue weighted by molar-refractivity contribution is 7.14. The molecule has 0 saturated heterocycles. The van der Waals surface area contributed by atoms with E-state index >= 15 is 0 Å². The lowest BCUT2D eigenvalue weighted by molar-refractivity contribution is 0.571. The lowest BCUT2D eigenvalue weighted by Crippen LogP contribution is -2.60. The number of benzene rings is 3. The Morgan fingerprint density at radius 1 is 0.641 bits per heavy atom. The Labute approximate surface area is 240 Å². The molecular formula is C38H48Si. The summed E-state index contributed by atoms with van der Waals surface area (Å²) in [6.07, 6.45) is 0. The van der Waals surface area contributed by atoms with E-state index in [-0.39, 0.29) is 5.41 Å². The van der Waals surface area contributed by atoms with Crippen LogP contribution in [0.1, 0.15) is 119 Å². The van der Waals surface area contributed by atoms with Crippen LogP contribution in [0, 0.1) is 49.1 Å². The fourth-order valence-corrected chi connectivity index (χ4v) is 9.11. The molecule has 0 amide bonds. The summed E-state index contributed by atoms with van der Waals surface area (Å²) in [5.41, 5.74) is 17.0. The van der Waals surface area contributed by atoms with E-state index in [1.807, 2.05) is 0 Å². The van der Waals surface area contributed by atoms with Crippen LogP contribution in [-0.4, -0.2) is 8.07 Å². The molecule has 0 fully saturated rings. The predicted octanol–water partition coefficient (Wildman–Crippen LogP) is 8.72. The standard InChI is InChI=1S/C38H48Si/c1-26(2)33-24-35(27(3)4)37(36(25-33)28(5)6)39(21-19-38(10,11)12,34-16-14-13-15-17-34)20-18-32-23-30(8)29(7)22-31(32)9/h13-17,22-28H,1-12H3. The molecule has 0 aromatic heterocycles. The first kappa shape index (κ1) is 30.5. The molecule has 0 nitrogen and oxygen atoms in total. The van der Waals surface area contributed by atoms with Gasteiger partial charge in [-0.25, -0.2) is 0 Å². The fraction of sp³-hybridized carbons (Fsp3) is 0.421. The lowest BCUT2D eigenvalue weighted by atomic mass is 9.89. The van der Waals surface area contributed by atoms with Crippen molar-refractivity contribution in [3.63, 3.8) is 0 Å². The summed E-state index contributed by atoms with van der Waals surface area (Å²) in [6, 6.07) is 20.4. The van der Waals surface area contributed by atoms with E-state index in [9.17, 15) is 0 Å². The number of hydrogen-bond donors (Lipinski definition) is 0. The van der Waals surface area contributed by atoms with Crippen LogP contribution in [0.15, 0.2) is 54.6 Å². The Bertz CT molecular complexity index is 1410. The molecule has 0 saturated carbocycles. The molecule has 0 radical (unpaired) electrons. The van der Waals surface area contributed by atoms with E-state index in [4.69, 9.17) is 0 Å². The minimum absolute atomic E-state index is 0.126. The number of aryl methyl sites for hydroxylation is 3. The fourth-order valence-electron chi connectivity index (χ4n) is 5.06. The van der Waals surface area contributed by atoms with Gasteiger partial charge in [0.25, 0.3) is 8.07 Å². The van der Waals surface area contributed by atoms with Crippen molar-refractivity contribution in [3.05, 3.63) is 93.5 Å². The summed E-state index contributed by atoms with van der Waals surface area (Å²) < 4.78 is 0. The van der Waals surface area contributed by atoms with Gasteiger partial charge in [0, 0.05) is 11.0 Å². The maximum Gasteiger partial charge on any atom is 0.276 e. The summed E-state index contributed by atoms with van der Waals surface area (Å²) in [7, 11) is -2.89.